The molecule has 5 N–H and O–H groups in total. The van der Waals surface area contributed by atoms with Gasteiger partial charge in [0.15, 0.2) is 0 Å². The number of halogens is 1. The SMILES string of the molecule is Nc1[nH]c(=O)c(C(=O)O)c(-c2cccc(F)c2)c1C(=O)O. The molecule has 0 saturated heterocycles. The molecule has 0 aliphatic carbocycles. The lowest BCUT2D eigenvalue weighted by Gasteiger charge is -2.12. The molecule has 0 atom stereocenters. The van der Waals surface area contributed by atoms with Crippen LogP contribution in [0, 0.1) is 5.82 Å². The fraction of sp³-hybridized carbons (Fsp3) is 0. The van der Waals surface area contributed by atoms with Crippen molar-refractivity contribution in [1.82, 2.24) is 4.98 Å². The summed E-state index contributed by atoms with van der Waals surface area (Å²) in [5.41, 5.74) is 2.47. The summed E-state index contributed by atoms with van der Waals surface area (Å²) in [6, 6.07) is 4.57. The Bertz CT molecular complexity index is 813. The fourth-order valence-corrected chi connectivity index (χ4v) is 1.98. The van der Waals surface area contributed by atoms with Gasteiger partial charge >= 0.3 is 11.9 Å². The van der Waals surface area contributed by atoms with Gasteiger partial charge in [-0.15, -0.1) is 0 Å². The number of carbonyl (C=O) groups is 2. The lowest BCUT2D eigenvalue weighted by atomic mass is 9.95. The summed E-state index contributed by atoms with van der Waals surface area (Å²) in [6.07, 6.45) is 0. The maximum Gasteiger partial charge on any atom is 0.342 e. The van der Waals surface area contributed by atoms with Crippen molar-refractivity contribution in [2.24, 2.45) is 0 Å². The number of H-pyrrole nitrogens is 1. The Morgan fingerprint density at radius 3 is 2.29 bits per heavy atom. The second kappa shape index (κ2) is 5.08. The minimum Gasteiger partial charge on any atom is -0.478 e. The average molecular weight is 292 g/mol. The molecule has 7 nitrogen and oxygen atoms in total. The van der Waals surface area contributed by atoms with E-state index in [-0.39, 0.29) is 5.56 Å². The quantitative estimate of drug-likeness (QED) is 0.670. The standard InChI is InChI=1S/C13H9FN2O5/c14-6-3-1-2-5(4-6)7-8(12(18)19)10(15)16-11(17)9(7)13(20)21/h1-4H,(H,18,19)(H,20,21)(H3,15,16,17). The Kier molecular flexibility index (Phi) is 3.45. The summed E-state index contributed by atoms with van der Waals surface area (Å²) in [5.74, 6) is -4.39. The van der Waals surface area contributed by atoms with Crippen LogP contribution in [-0.2, 0) is 0 Å². The van der Waals surface area contributed by atoms with Crippen LogP contribution in [0.4, 0.5) is 10.2 Å². The number of aromatic carboxylic acids is 2. The zero-order valence-corrected chi connectivity index (χ0v) is 10.4. The number of aromatic nitrogens is 1. The number of carboxylic acids is 2. The topological polar surface area (TPSA) is 133 Å². The highest BCUT2D eigenvalue weighted by Crippen LogP contribution is 2.29. The number of anilines is 1. The highest BCUT2D eigenvalue weighted by atomic mass is 19.1. The molecule has 0 bridgehead atoms. The minimum absolute atomic E-state index is 0.0670. The molecule has 0 fully saturated rings. The van der Waals surface area contributed by atoms with E-state index >= 15 is 0 Å². The molecule has 0 amide bonds. The van der Waals surface area contributed by atoms with Crippen LogP contribution in [0.2, 0.25) is 0 Å². The van der Waals surface area contributed by atoms with Gasteiger partial charge in [-0.2, -0.15) is 0 Å². The van der Waals surface area contributed by atoms with Crippen LogP contribution in [0.5, 0.6) is 0 Å². The molecular formula is C13H9FN2O5. The number of benzene rings is 1. The summed E-state index contributed by atoms with van der Waals surface area (Å²) < 4.78 is 13.3. The number of pyridine rings is 1. The third-order valence-electron chi connectivity index (χ3n) is 2.79. The Labute approximate surface area is 116 Å². The number of rotatable bonds is 3. The predicted octanol–water partition coefficient (Wildman–Crippen LogP) is 1.16. The van der Waals surface area contributed by atoms with Gasteiger partial charge in [-0.05, 0) is 17.7 Å². The molecular weight excluding hydrogens is 283 g/mol. The molecule has 0 aliphatic heterocycles. The zero-order valence-electron chi connectivity index (χ0n) is 10.4. The number of nitrogens with two attached hydrogens (primary N) is 1. The second-order valence-electron chi connectivity index (χ2n) is 4.11. The minimum atomic E-state index is -1.64. The summed E-state index contributed by atoms with van der Waals surface area (Å²) in [6.45, 7) is 0. The number of hydrogen-bond donors (Lipinski definition) is 4. The van der Waals surface area contributed by atoms with Gasteiger partial charge in [0, 0.05) is 5.56 Å². The van der Waals surface area contributed by atoms with Crippen molar-refractivity contribution in [2.45, 2.75) is 0 Å². The molecule has 1 aromatic heterocycles. The summed E-state index contributed by atoms with van der Waals surface area (Å²) >= 11 is 0. The van der Waals surface area contributed by atoms with Crippen LogP contribution in [0.15, 0.2) is 29.1 Å². The zero-order chi connectivity index (χ0) is 15.7. The molecule has 2 aromatic rings. The van der Waals surface area contributed by atoms with Gasteiger partial charge in [0.25, 0.3) is 5.56 Å². The fourth-order valence-electron chi connectivity index (χ4n) is 1.98. The van der Waals surface area contributed by atoms with Gasteiger partial charge in [0.1, 0.15) is 22.8 Å². The van der Waals surface area contributed by atoms with Crippen LogP contribution in [-0.4, -0.2) is 27.1 Å². The largest absolute Gasteiger partial charge is 0.478 e. The van der Waals surface area contributed by atoms with Gasteiger partial charge in [-0.1, -0.05) is 12.1 Å². The van der Waals surface area contributed by atoms with Crippen molar-refractivity contribution in [2.75, 3.05) is 5.73 Å². The second-order valence-corrected chi connectivity index (χ2v) is 4.11. The maximum absolute atomic E-state index is 13.3. The molecule has 0 spiro atoms. The van der Waals surface area contributed by atoms with Crippen LogP contribution >= 0.6 is 0 Å². The molecule has 1 heterocycles. The number of hydrogen-bond acceptors (Lipinski definition) is 4. The van der Waals surface area contributed by atoms with E-state index < -0.39 is 45.8 Å². The summed E-state index contributed by atoms with van der Waals surface area (Å²) in [5, 5.41) is 18.3. The number of aromatic amines is 1. The van der Waals surface area contributed by atoms with Gasteiger partial charge in [0.2, 0.25) is 0 Å². The Morgan fingerprint density at radius 2 is 1.76 bits per heavy atom. The van der Waals surface area contributed by atoms with Crippen molar-refractivity contribution in [1.29, 1.82) is 0 Å². The highest BCUT2D eigenvalue weighted by molar-refractivity contribution is 6.07. The van der Waals surface area contributed by atoms with Crippen LogP contribution in [0.3, 0.4) is 0 Å². The first-order valence-corrected chi connectivity index (χ1v) is 5.61. The third-order valence-corrected chi connectivity index (χ3v) is 2.79. The molecule has 0 saturated carbocycles. The first kappa shape index (κ1) is 14.3. The van der Waals surface area contributed by atoms with Crippen molar-refractivity contribution < 1.29 is 24.2 Å². The van der Waals surface area contributed by atoms with Crippen LogP contribution in [0.1, 0.15) is 20.7 Å². The first-order valence-electron chi connectivity index (χ1n) is 5.61. The molecule has 0 unspecified atom stereocenters. The maximum atomic E-state index is 13.3. The van der Waals surface area contributed by atoms with E-state index in [4.69, 9.17) is 10.8 Å². The number of carboxylic acid groups (broad SMARTS) is 2. The van der Waals surface area contributed by atoms with Gasteiger partial charge in [0.05, 0.1) is 0 Å². The van der Waals surface area contributed by atoms with E-state index in [0.717, 1.165) is 12.1 Å². The Hall–Kier alpha value is -3.16. The van der Waals surface area contributed by atoms with Crippen molar-refractivity contribution in [3.63, 3.8) is 0 Å². The van der Waals surface area contributed by atoms with Crippen molar-refractivity contribution >= 4 is 17.8 Å². The van der Waals surface area contributed by atoms with E-state index in [1.807, 2.05) is 4.98 Å². The van der Waals surface area contributed by atoms with E-state index in [1.165, 1.54) is 12.1 Å². The lowest BCUT2D eigenvalue weighted by Crippen LogP contribution is -2.24. The van der Waals surface area contributed by atoms with E-state index in [2.05, 4.69) is 0 Å². The van der Waals surface area contributed by atoms with Crippen molar-refractivity contribution in [3.8, 4) is 11.1 Å². The predicted molar refractivity (Wildman–Crippen MR) is 70.8 cm³/mol. The first-order chi connectivity index (χ1) is 9.82. The smallest absolute Gasteiger partial charge is 0.342 e. The molecule has 108 valence electrons. The lowest BCUT2D eigenvalue weighted by molar-refractivity contribution is 0.0695. The van der Waals surface area contributed by atoms with E-state index in [9.17, 15) is 23.9 Å². The number of nitrogens with one attached hydrogen (secondary N) is 1. The summed E-state index contributed by atoms with van der Waals surface area (Å²) in [7, 11) is 0. The molecule has 2 rings (SSSR count). The van der Waals surface area contributed by atoms with Crippen molar-refractivity contribution in [3.05, 3.63) is 51.6 Å². The molecule has 1 aromatic carbocycles. The number of nitrogen functional groups attached to an aromatic ring is 1. The average Bonchev–Trinajstić information content (AvgIpc) is 2.36. The monoisotopic (exact) mass is 292 g/mol. The Balaban J connectivity index is 2.99. The van der Waals surface area contributed by atoms with Gasteiger partial charge in [-0.3, -0.25) is 4.79 Å². The molecule has 21 heavy (non-hydrogen) atoms. The molecule has 0 aliphatic rings. The normalized spacial score (nSPS) is 10.3. The molecule has 8 heteroatoms. The van der Waals surface area contributed by atoms with Gasteiger partial charge < -0.3 is 20.9 Å². The van der Waals surface area contributed by atoms with E-state index in [1.54, 1.807) is 0 Å². The highest BCUT2D eigenvalue weighted by Gasteiger charge is 2.26. The Morgan fingerprint density at radius 1 is 1.14 bits per heavy atom. The third kappa shape index (κ3) is 2.46. The van der Waals surface area contributed by atoms with E-state index in [0.29, 0.717) is 0 Å². The summed E-state index contributed by atoms with van der Waals surface area (Å²) in [4.78, 5) is 36.2. The van der Waals surface area contributed by atoms with Gasteiger partial charge in [-0.25, -0.2) is 14.0 Å². The van der Waals surface area contributed by atoms with Crippen LogP contribution < -0.4 is 11.3 Å². The van der Waals surface area contributed by atoms with Crippen LogP contribution in [0.25, 0.3) is 11.1 Å². The molecule has 0 radical (unpaired) electrons.